The van der Waals surface area contributed by atoms with Crippen LogP contribution < -0.4 is 4.74 Å². The van der Waals surface area contributed by atoms with Gasteiger partial charge in [-0.3, -0.25) is 4.90 Å². The van der Waals surface area contributed by atoms with Gasteiger partial charge in [-0.1, -0.05) is 31.0 Å². The number of likely N-dealkylation sites (tertiary alicyclic amines) is 1. The summed E-state index contributed by atoms with van der Waals surface area (Å²) in [6.45, 7) is 1.17. The highest BCUT2D eigenvalue weighted by Crippen LogP contribution is 2.50. The van der Waals surface area contributed by atoms with E-state index < -0.39 is 5.60 Å². The van der Waals surface area contributed by atoms with Crippen molar-refractivity contribution in [3.8, 4) is 11.8 Å². The number of nitriles is 1. The molecule has 1 N–H and O–H groups in total. The Hall–Kier alpha value is -1.57. The van der Waals surface area contributed by atoms with E-state index >= 15 is 0 Å². The molecule has 4 nitrogen and oxygen atoms in total. The van der Waals surface area contributed by atoms with E-state index in [-0.39, 0.29) is 12.0 Å². The van der Waals surface area contributed by atoms with Crippen LogP contribution in [-0.2, 0) is 0 Å². The summed E-state index contributed by atoms with van der Waals surface area (Å²) in [4.78, 5) is 2.21. The van der Waals surface area contributed by atoms with Crippen LogP contribution >= 0.6 is 0 Å². The van der Waals surface area contributed by atoms with Crippen molar-refractivity contribution in [3.63, 3.8) is 0 Å². The highest BCUT2D eigenvalue weighted by Gasteiger charge is 2.49. The highest BCUT2D eigenvalue weighted by molar-refractivity contribution is 5.37. The minimum absolute atomic E-state index is 0.0647. The van der Waals surface area contributed by atoms with Crippen molar-refractivity contribution in [1.29, 1.82) is 5.26 Å². The number of ether oxygens (including phenoxy) is 1. The summed E-state index contributed by atoms with van der Waals surface area (Å²) >= 11 is 0. The summed E-state index contributed by atoms with van der Waals surface area (Å²) in [6, 6.07) is 10.4. The topological polar surface area (TPSA) is 56.5 Å². The van der Waals surface area contributed by atoms with Gasteiger partial charge < -0.3 is 9.84 Å². The molecule has 0 bridgehead atoms. The maximum Gasteiger partial charge on any atom is 0.123 e. The SMILES string of the molecule is COc1ccccc1[C@H]1[C@H]2CCCC[C@]2(O)CCN1CC#N. The van der Waals surface area contributed by atoms with Crippen molar-refractivity contribution in [2.24, 2.45) is 5.92 Å². The lowest BCUT2D eigenvalue weighted by atomic mass is 9.66. The molecule has 1 aromatic carbocycles. The number of para-hydroxylation sites is 1. The molecule has 2 aliphatic rings. The molecule has 0 unspecified atom stereocenters. The summed E-state index contributed by atoms with van der Waals surface area (Å²) in [5.41, 5.74) is 0.515. The molecule has 0 amide bonds. The van der Waals surface area contributed by atoms with Crippen LogP contribution in [0.2, 0.25) is 0 Å². The number of methoxy groups -OCH3 is 1. The molecule has 1 aromatic rings. The molecule has 3 atom stereocenters. The summed E-state index contributed by atoms with van der Waals surface area (Å²) in [5.74, 6) is 1.03. The van der Waals surface area contributed by atoms with Crippen LogP contribution in [0.5, 0.6) is 5.75 Å². The molecule has 1 saturated heterocycles. The molecule has 3 rings (SSSR count). The van der Waals surface area contributed by atoms with Crippen LogP contribution in [0, 0.1) is 17.2 Å². The zero-order chi connectivity index (χ0) is 15.6. The fourth-order valence-corrected chi connectivity index (χ4v) is 4.33. The summed E-state index contributed by atoms with van der Waals surface area (Å²) in [5, 5.41) is 20.3. The molecule has 1 saturated carbocycles. The molecule has 22 heavy (non-hydrogen) atoms. The Kier molecular flexibility index (Phi) is 4.37. The van der Waals surface area contributed by atoms with Gasteiger partial charge >= 0.3 is 0 Å². The van der Waals surface area contributed by atoms with E-state index in [0.717, 1.165) is 50.0 Å². The number of piperidine rings is 1. The quantitative estimate of drug-likeness (QED) is 0.872. The average molecular weight is 300 g/mol. The van der Waals surface area contributed by atoms with Crippen molar-refractivity contribution in [1.82, 2.24) is 4.90 Å². The van der Waals surface area contributed by atoms with Gasteiger partial charge in [-0.05, 0) is 25.3 Å². The predicted octanol–water partition coefficient (Wildman–Crippen LogP) is 2.89. The summed E-state index contributed by atoms with van der Waals surface area (Å²) in [7, 11) is 1.68. The average Bonchev–Trinajstić information content (AvgIpc) is 2.55. The third-order valence-electron chi connectivity index (χ3n) is 5.40. The Balaban J connectivity index is 2.03. The fraction of sp³-hybridized carbons (Fsp3) is 0.611. The first kappa shape index (κ1) is 15.3. The lowest BCUT2D eigenvalue weighted by Gasteiger charge is -2.52. The van der Waals surface area contributed by atoms with Crippen LogP contribution in [0.3, 0.4) is 0 Å². The molecular weight excluding hydrogens is 276 g/mol. The van der Waals surface area contributed by atoms with Crippen molar-refractivity contribution in [2.45, 2.75) is 43.7 Å². The minimum Gasteiger partial charge on any atom is -0.496 e. The maximum absolute atomic E-state index is 11.1. The monoisotopic (exact) mass is 300 g/mol. The number of hydrogen-bond donors (Lipinski definition) is 1. The Morgan fingerprint density at radius 1 is 1.36 bits per heavy atom. The maximum atomic E-state index is 11.1. The van der Waals surface area contributed by atoms with E-state index in [0.29, 0.717) is 6.54 Å². The van der Waals surface area contributed by atoms with E-state index in [1.807, 2.05) is 18.2 Å². The van der Waals surface area contributed by atoms with Crippen LogP contribution in [-0.4, -0.2) is 35.8 Å². The van der Waals surface area contributed by atoms with Gasteiger partial charge in [-0.15, -0.1) is 0 Å². The Morgan fingerprint density at radius 2 is 2.18 bits per heavy atom. The zero-order valence-corrected chi connectivity index (χ0v) is 13.2. The smallest absolute Gasteiger partial charge is 0.123 e. The van der Waals surface area contributed by atoms with Gasteiger partial charge in [0, 0.05) is 24.1 Å². The van der Waals surface area contributed by atoms with E-state index in [4.69, 9.17) is 4.74 Å². The summed E-state index contributed by atoms with van der Waals surface area (Å²) < 4.78 is 5.55. The number of fused-ring (bicyclic) bond motifs is 1. The lowest BCUT2D eigenvalue weighted by Crippen LogP contribution is -2.54. The molecule has 0 spiro atoms. The second-order valence-electron chi connectivity index (χ2n) is 6.52. The number of rotatable bonds is 3. The fourth-order valence-electron chi connectivity index (χ4n) is 4.33. The second kappa shape index (κ2) is 6.28. The molecule has 4 heteroatoms. The van der Waals surface area contributed by atoms with Crippen molar-refractivity contribution in [3.05, 3.63) is 29.8 Å². The van der Waals surface area contributed by atoms with Gasteiger partial charge in [0.1, 0.15) is 5.75 Å². The van der Waals surface area contributed by atoms with E-state index in [9.17, 15) is 10.4 Å². The van der Waals surface area contributed by atoms with Gasteiger partial charge in [-0.25, -0.2) is 0 Å². The van der Waals surface area contributed by atoms with E-state index in [2.05, 4.69) is 17.0 Å². The standard InChI is InChI=1S/C18H24N2O2/c1-22-16-8-3-2-6-14(16)17-15-7-4-5-9-18(15,21)10-12-20(17)13-11-19/h2-3,6,8,15,17,21H,4-5,7,9-10,12-13H2,1H3/t15-,17+,18+/m1/s1. The first-order chi connectivity index (χ1) is 10.7. The molecular formula is C18H24N2O2. The first-order valence-corrected chi connectivity index (χ1v) is 8.16. The molecule has 1 aliphatic carbocycles. The molecule has 1 heterocycles. The third kappa shape index (κ3) is 2.60. The van der Waals surface area contributed by atoms with Gasteiger partial charge in [0.15, 0.2) is 0 Å². The number of nitrogens with zero attached hydrogens (tertiary/aromatic N) is 2. The predicted molar refractivity (Wildman–Crippen MR) is 84.4 cm³/mol. The van der Waals surface area contributed by atoms with Crippen molar-refractivity contribution in [2.75, 3.05) is 20.2 Å². The van der Waals surface area contributed by atoms with E-state index in [1.165, 1.54) is 0 Å². The van der Waals surface area contributed by atoms with Gasteiger partial charge in [0.2, 0.25) is 0 Å². The minimum atomic E-state index is -0.588. The van der Waals surface area contributed by atoms with Crippen LogP contribution in [0.25, 0.3) is 0 Å². The normalized spacial score (nSPS) is 32.0. The molecule has 0 aromatic heterocycles. The Labute approximate surface area is 132 Å². The molecule has 2 fully saturated rings. The number of benzene rings is 1. The second-order valence-corrected chi connectivity index (χ2v) is 6.52. The summed E-state index contributed by atoms with van der Waals surface area (Å²) in [6.07, 6.45) is 4.92. The first-order valence-electron chi connectivity index (χ1n) is 8.16. The van der Waals surface area contributed by atoms with Crippen LogP contribution in [0.1, 0.15) is 43.7 Å². The molecule has 0 radical (unpaired) electrons. The van der Waals surface area contributed by atoms with Gasteiger partial charge in [0.25, 0.3) is 0 Å². The van der Waals surface area contributed by atoms with Crippen molar-refractivity contribution >= 4 is 0 Å². The number of hydrogen-bond acceptors (Lipinski definition) is 4. The van der Waals surface area contributed by atoms with Crippen molar-refractivity contribution < 1.29 is 9.84 Å². The molecule has 118 valence electrons. The Morgan fingerprint density at radius 3 is 2.95 bits per heavy atom. The van der Waals surface area contributed by atoms with Crippen LogP contribution in [0.4, 0.5) is 0 Å². The molecule has 1 aliphatic heterocycles. The lowest BCUT2D eigenvalue weighted by molar-refractivity contribution is -0.122. The van der Waals surface area contributed by atoms with E-state index in [1.54, 1.807) is 7.11 Å². The van der Waals surface area contributed by atoms with Gasteiger partial charge in [0.05, 0.1) is 25.3 Å². The Bertz CT molecular complexity index is 568. The number of aliphatic hydroxyl groups is 1. The zero-order valence-electron chi connectivity index (χ0n) is 13.2. The van der Waals surface area contributed by atoms with Crippen LogP contribution in [0.15, 0.2) is 24.3 Å². The highest BCUT2D eigenvalue weighted by atomic mass is 16.5. The van der Waals surface area contributed by atoms with Gasteiger partial charge in [-0.2, -0.15) is 5.26 Å². The third-order valence-corrected chi connectivity index (χ3v) is 5.40. The largest absolute Gasteiger partial charge is 0.496 e.